The second-order valence-corrected chi connectivity index (χ2v) is 15.1. The highest BCUT2D eigenvalue weighted by Crippen LogP contribution is 2.10. The largest absolute Gasteiger partial charge is 0.464 e. The molecule has 0 aromatic carbocycles. The van der Waals surface area contributed by atoms with E-state index in [4.69, 9.17) is 14.2 Å². The van der Waals surface area contributed by atoms with Crippen molar-refractivity contribution in [1.82, 2.24) is 13.7 Å². The monoisotopic (exact) mass is 693 g/mol. The summed E-state index contributed by atoms with van der Waals surface area (Å²) in [7, 11) is 0. The smallest absolute Gasteiger partial charge is 0.336 e. The van der Waals surface area contributed by atoms with Crippen LogP contribution in [-0.4, -0.2) is 85.9 Å². The summed E-state index contributed by atoms with van der Waals surface area (Å²) in [5, 5.41) is 0. The van der Waals surface area contributed by atoms with Gasteiger partial charge in [-0.15, -0.1) is 0 Å². The summed E-state index contributed by atoms with van der Waals surface area (Å²) in [5.74, 6) is 4.70. The molecule has 1 rings (SSSR count). The first kappa shape index (κ1) is 40.9. The summed E-state index contributed by atoms with van der Waals surface area (Å²) in [6.45, 7) is 11.0. The van der Waals surface area contributed by atoms with Crippen molar-refractivity contribution in [3.05, 3.63) is 31.5 Å². The fourth-order valence-corrected chi connectivity index (χ4v) is 6.50. The lowest BCUT2D eigenvalue weighted by Crippen LogP contribution is -2.55. The van der Waals surface area contributed by atoms with Crippen LogP contribution in [0.2, 0.25) is 0 Å². The van der Waals surface area contributed by atoms with Gasteiger partial charge in [-0.25, -0.2) is 28.1 Å². The number of hydrogen-bond acceptors (Lipinski definition) is 12. The predicted octanol–water partition coefficient (Wildman–Crippen LogP) is 3.14. The van der Waals surface area contributed by atoms with Crippen LogP contribution in [0.25, 0.3) is 0 Å². The van der Waals surface area contributed by atoms with Crippen LogP contribution in [0.1, 0.15) is 60.8 Å². The van der Waals surface area contributed by atoms with E-state index in [1.807, 2.05) is 0 Å². The number of ether oxygens (including phenoxy) is 3. The van der Waals surface area contributed by atoms with Crippen molar-refractivity contribution in [3.8, 4) is 0 Å². The first-order valence-corrected chi connectivity index (χ1v) is 18.9. The van der Waals surface area contributed by atoms with Crippen LogP contribution in [-0.2, 0) is 48.2 Å². The van der Waals surface area contributed by atoms with Crippen molar-refractivity contribution in [2.75, 3.05) is 54.3 Å². The van der Waals surface area contributed by atoms with Crippen molar-refractivity contribution < 1.29 is 28.6 Å². The quantitative estimate of drug-likeness (QED) is 0.0891. The normalized spacial score (nSPS) is 11.4. The molecule has 1 heterocycles. The average molecular weight is 694 g/mol. The van der Waals surface area contributed by atoms with Crippen LogP contribution in [0.4, 0.5) is 0 Å². The molecule has 1 aromatic heterocycles. The molecule has 0 aliphatic carbocycles. The fraction of sp³-hybridized carbons (Fsp3) is 0.800. The van der Waals surface area contributed by atoms with Gasteiger partial charge in [0.05, 0.1) is 38.9 Å². The van der Waals surface area contributed by atoms with Crippen LogP contribution in [0.3, 0.4) is 0 Å². The zero-order valence-electron chi connectivity index (χ0n) is 27.6. The molecule has 15 heteroatoms. The van der Waals surface area contributed by atoms with Crippen LogP contribution in [0.15, 0.2) is 14.4 Å². The molecule has 0 radical (unpaired) electrons. The van der Waals surface area contributed by atoms with E-state index in [-0.39, 0.29) is 58.7 Å². The highest BCUT2D eigenvalue weighted by atomic mass is 32.2. The molecule has 0 saturated carbocycles. The van der Waals surface area contributed by atoms with Crippen molar-refractivity contribution >= 4 is 53.2 Å². The number of carbonyl (C=O) groups is 3. The number of thioether (sulfide) groups is 3. The molecule has 45 heavy (non-hydrogen) atoms. The van der Waals surface area contributed by atoms with Gasteiger partial charge in [0, 0.05) is 17.3 Å². The summed E-state index contributed by atoms with van der Waals surface area (Å²) >= 11 is 4.92. The Morgan fingerprint density at radius 1 is 0.511 bits per heavy atom. The molecule has 0 spiro atoms. The van der Waals surface area contributed by atoms with Crippen molar-refractivity contribution in [3.63, 3.8) is 0 Å². The summed E-state index contributed by atoms with van der Waals surface area (Å²) in [5.41, 5.74) is -2.73. The second-order valence-electron chi connectivity index (χ2n) is 11.6. The Morgan fingerprint density at radius 3 is 0.978 bits per heavy atom. The van der Waals surface area contributed by atoms with E-state index in [9.17, 15) is 28.8 Å². The van der Waals surface area contributed by atoms with Gasteiger partial charge in [0.15, 0.2) is 0 Å². The minimum atomic E-state index is -0.910. The Kier molecular flexibility index (Phi) is 21.1. The van der Waals surface area contributed by atoms with Crippen LogP contribution < -0.4 is 17.1 Å². The van der Waals surface area contributed by atoms with Crippen molar-refractivity contribution in [2.45, 2.75) is 80.4 Å². The molecule has 0 aliphatic heterocycles. The van der Waals surface area contributed by atoms with Gasteiger partial charge in [0.25, 0.3) is 0 Å². The molecular formula is C30H51N3O9S3. The second kappa shape index (κ2) is 23.2. The van der Waals surface area contributed by atoms with E-state index < -0.39 is 35.0 Å². The maximum Gasteiger partial charge on any atom is 0.336 e. The van der Waals surface area contributed by atoms with Gasteiger partial charge in [-0.2, -0.15) is 35.3 Å². The van der Waals surface area contributed by atoms with Gasteiger partial charge in [-0.3, -0.25) is 14.4 Å². The third-order valence-electron chi connectivity index (χ3n) is 5.82. The molecule has 0 saturated heterocycles. The van der Waals surface area contributed by atoms with Gasteiger partial charge >= 0.3 is 35.0 Å². The maximum absolute atomic E-state index is 13.2. The molecule has 0 bridgehead atoms. The van der Waals surface area contributed by atoms with Gasteiger partial charge in [0.2, 0.25) is 0 Å². The molecule has 0 N–H and O–H groups in total. The SMILES string of the molecule is CC(C)CSCCC(=O)OCCn1c(=O)n(CCOC(=O)CCSCC(C)C)c(=O)n(CCOC(=O)CCSCC(C)C)c1=O. The number of carbonyl (C=O) groups excluding carboxylic acids is 3. The highest BCUT2D eigenvalue weighted by molar-refractivity contribution is 7.99. The fourth-order valence-electron chi connectivity index (χ4n) is 3.65. The number of esters is 3. The topological polar surface area (TPSA) is 145 Å². The summed E-state index contributed by atoms with van der Waals surface area (Å²) in [6, 6.07) is 0. The number of hydrogen-bond donors (Lipinski definition) is 0. The zero-order chi connectivity index (χ0) is 33.8. The van der Waals surface area contributed by atoms with Gasteiger partial charge in [0.1, 0.15) is 19.8 Å². The third kappa shape index (κ3) is 18.0. The lowest BCUT2D eigenvalue weighted by molar-refractivity contribution is -0.144. The molecule has 0 unspecified atom stereocenters. The Hall–Kier alpha value is -2.13. The molecule has 0 fully saturated rings. The zero-order valence-corrected chi connectivity index (χ0v) is 30.0. The van der Waals surface area contributed by atoms with Crippen LogP contribution in [0.5, 0.6) is 0 Å². The summed E-state index contributed by atoms with van der Waals surface area (Å²) in [4.78, 5) is 76.0. The van der Waals surface area contributed by atoms with Crippen LogP contribution in [0, 0.1) is 17.8 Å². The average Bonchev–Trinajstić information content (AvgIpc) is 2.96. The molecule has 0 atom stereocenters. The van der Waals surface area contributed by atoms with Gasteiger partial charge in [-0.1, -0.05) is 41.5 Å². The molecule has 1 aromatic rings. The van der Waals surface area contributed by atoms with Gasteiger partial charge in [-0.05, 0) is 35.0 Å². The van der Waals surface area contributed by atoms with Crippen molar-refractivity contribution in [2.24, 2.45) is 17.8 Å². The van der Waals surface area contributed by atoms with Crippen molar-refractivity contribution in [1.29, 1.82) is 0 Å². The molecule has 258 valence electrons. The minimum absolute atomic E-state index is 0.193. The Balaban J connectivity index is 2.93. The molecule has 12 nitrogen and oxygen atoms in total. The number of aromatic nitrogens is 3. The predicted molar refractivity (Wildman–Crippen MR) is 182 cm³/mol. The molecule has 0 amide bonds. The van der Waals surface area contributed by atoms with Crippen LogP contribution >= 0.6 is 35.3 Å². The molecular weight excluding hydrogens is 643 g/mol. The summed E-state index contributed by atoms with van der Waals surface area (Å²) < 4.78 is 18.1. The van der Waals surface area contributed by atoms with E-state index in [1.165, 1.54) is 0 Å². The maximum atomic E-state index is 13.2. The first-order chi connectivity index (χ1) is 21.3. The standard InChI is InChI=1S/C30H51N3O9S3/c1-22(2)19-43-16-7-25(34)40-13-10-31-28(37)32(11-14-41-26(35)8-17-44-20-23(3)4)30(39)33(29(31)38)12-15-42-27(36)9-18-45-21-24(5)6/h22-24H,7-21H2,1-6H3. The lowest BCUT2D eigenvalue weighted by atomic mass is 10.3. The van der Waals surface area contributed by atoms with E-state index in [0.717, 1.165) is 31.0 Å². The Morgan fingerprint density at radius 2 is 0.756 bits per heavy atom. The first-order valence-electron chi connectivity index (χ1n) is 15.5. The van der Waals surface area contributed by atoms with E-state index >= 15 is 0 Å². The molecule has 0 aliphatic rings. The highest BCUT2D eigenvalue weighted by Gasteiger charge is 2.17. The van der Waals surface area contributed by atoms with E-state index in [1.54, 1.807) is 35.3 Å². The van der Waals surface area contributed by atoms with E-state index in [2.05, 4.69) is 41.5 Å². The Labute approximate surface area is 278 Å². The number of rotatable bonds is 24. The minimum Gasteiger partial charge on any atom is -0.464 e. The third-order valence-corrected chi connectivity index (χ3v) is 10.0. The summed E-state index contributed by atoms with van der Waals surface area (Å²) in [6.07, 6.45) is 0.579. The number of nitrogens with zero attached hydrogens (tertiary/aromatic N) is 3. The van der Waals surface area contributed by atoms with Gasteiger partial charge < -0.3 is 14.2 Å². The van der Waals surface area contributed by atoms with E-state index in [0.29, 0.717) is 35.0 Å². The lowest BCUT2D eigenvalue weighted by Gasteiger charge is -2.14. The Bertz CT molecular complexity index is 1050.